The lowest BCUT2D eigenvalue weighted by Crippen LogP contribution is -2.18. The van der Waals surface area contributed by atoms with E-state index in [0.717, 1.165) is 15.9 Å². The summed E-state index contributed by atoms with van der Waals surface area (Å²) in [5.41, 5.74) is 1.03. The molecule has 0 radical (unpaired) electrons. The zero-order chi connectivity index (χ0) is 14.8. The number of carboxylic acids is 1. The molecule has 0 aromatic carbocycles. The van der Waals surface area contributed by atoms with Crippen molar-refractivity contribution in [3.63, 3.8) is 0 Å². The highest BCUT2D eigenvalue weighted by molar-refractivity contribution is 7.99. The molecule has 7 heteroatoms. The van der Waals surface area contributed by atoms with Crippen LogP contribution >= 0.6 is 23.1 Å². The Morgan fingerprint density at radius 2 is 2.20 bits per heavy atom. The fourth-order valence-corrected chi connectivity index (χ4v) is 3.12. The van der Waals surface area contributed by atoms with Gasteiger partial charge in [0.2, 0.25) is 0 Å². The van der Waals surface area contributed by atoms with Crippen LogP contribution in [0.5, 0.6) is 0 Å². The van der Waals surface area contributed by atoms with Crippen LogP contribution in [0, 0.1) is 0 Å². The average molecular weight is 311 g/mol. The molecule has 0 unspecified atom stereocenters. The minimum Gasteiger partial charge on any atom is -0.481 e. The Balaban J connectivity index is 2.32. The first-order valence-electron chi connectivity index (χ1n) is 6.17. The van der Waals surface area contributed by atoms with Crippen molar-refractivity contribution in [1.29, 1.82) is 0 Å². The molecule has 0 aliphatic rings. The lowest BCUT2D eigenvalue weighted by molar-refractivity contribution is -0.133. The van der Waals surface area contributed by atoms with Crippen molar-refractivity contribution in [1.82, 2.24) is 14.5 Å². The predicted octanol–water partition coefficient (Wildman–Crippen LogP) is 2.86. The molecule has 0 bridgehead atoms. The number of nitrogens with zero attached hydrogens (tertiary/aromatic N) is 3. The number of carbonyl (C=O) groups is 1. The van der Waals surface area contributed by atoms with E-state index in [2.05, 4.69) is 35.3 Å². The summed E-state index contributed by atoms with van der Waals surface area (Å²) in [5, 5.41) is 12.5. The van der Waals surface area contributed by atoms with E-state index in [1.165, 1.54) is 11.8 Å². The van der Waals surface area contributed by atoms with E-state index in [1.54, 1.807) is 17.5 Å². The number of hydrogen-bond acceptors (Lipinski definition) is 5. The van der Waals surface area contributed by atoms with Crippen LogP contribution in [0.4, 0.5) is 0 Å². The quantitative estimate of drug-likeness (QED) is 0.860. The van der Waals surface area contributed by atoms with E-state index < -0.39 is 5.97 Å². The van der Waals surface area contributed by atoms with Gasteiger partial charge in [-0.05, 0) is 0 Å². The minimum absolute atomic E-state index is 0.0124. The maximum absolute atomic E-state index is 10.7. The Hall–Kier alpha value is -1.34. The summed E-state index contributed by atoms with van der Waals surface area (Å²) in [7, 11) is 0. The molecular formula is C13H17N3O2S2. The van der Waals surface area contributed by atoms with Gasteiger partial charge in [-0.1, -0.05) is 32.5 Å². The van der Waals surface area contributed by atoms with Gasteiger partial charge in [0.1, 0.15) is 5.01 Å². The Morgan fingerprint density at radius 1 is 1.45 bits per heavy atom. The Bertz CT molecular complexity index is 585. The number of thiazole rings is 1. The summed E-state index contributed by atoms with van der Waals surface area (Å²) >= 11 is 2.83. The second kappa shape index (κ2) is 5.97. The van der Waals surface area contributed by atoms with Gasteiger partial charge in [0.15, 0.2) is 5.16 Å². The van der Waals surface area contributed by atoms with Crippen molar-refractivity contribution >= 4 is 29.1 Å². The van der Waals surface area contributed by atoms with Gasteiger partial charge < -0.3 is 9.67 Å². The molecule has 5 nitrogen and oxygen atoms in total. The van der Waals surface area contributed by atoms with Crippen LogP contribution < -0.4 is 0 Å². The minimum atomic E-state index is -0.837. The standard InChI is InChI=1S/C13H17N3O2S2/c1-13(2,3)9-6-15-12(20-8-11(17)18)16(9)7-10-14-4-5-19-10/h4-6H,7-8H2,1-3H3,(H,17,18). The predicted molar refractivity (Wildman–Crippen MR) is 80.5 cm³/mol. The van der Waals surface area contributed by atoms with E-state index in [-0.39, 0.29) is 11.2 Å². The fraction of sp³-hybridized carbons (Fsp3) is 0.462. The molecule has 0 atom stereocenters. The summed E-state index contributed by atoms with van der Waals surface area (Å²) < 4.78 is 2.06. The van der Waals surface area contributed by atoms with E-state index >= 15 is 0 Å². The van der Waals surface area contributed by atoms with Crippen molar-refractivity contribution in [3.05, 3.63) is 28.5 Å². The van der Waals surface area contributed by atoms with Gasteiger partial charge >= 0.3 is 5.97 Å². The smallest absolute Gasteiger partial charge is 0.313 e. The molecular weight excluding hydrogens is 294 g/mol. The number of thioether (sulfide) groups is 1. The van der Waals surface area contributed by atoms with Crippen molar-refractivity contribution in [3.8, 4) is 0 Å². The fourth-order valence-electron chi connectivity index (χ4n) is 1.82. The maximum Gasteiger partial charge on any atom is 0.313 e. The summed E-state index contributed by atoms with van der Waals surface area (Å²) in [4.78, 5) is 19.4. The molecule has 2 rings (SSSR count). The van der Waals surface area contributed by atoms with Crippen molar-refractivity contribution in [2.75, 3.05) is 5.75 Å². The monoisotopic (exact) mass is 311 g/mol. The van der Waals surface area contributed by atoms with Gasteiger partial charge in [0.25, 0.3) is 0 Å². The molecule has 0 saturated heterocycles. The first-order chi connectivity index (χ1) is 9.38. The van der Waals surface area contributed by atoms with Gasteiger partial charge in [0.05, 0.1) is 12.3 Å². The highest BCUT2D eigenvalue weighted by atomic mass is 32.2. The molecule has 0 saturated carbocycles. The maximum atomic E-state index is 10.7. The van der Waals surface area contributed by atoms with Gasteiger partial charge in [-0.2, -0.15) is 0 Å². The molecule has 2 aromatic heterocycles. The highest BCUT2D eigenvalue weighted by Crippen LogP contribution is 2.28. The number of aliphatic carboxylic acids is 1. The molecule has 0 fully saturated rings. The van der Waals surface area contributed by atoms with Crippen LogP contribution in [-0.2, 0) is 16.8 Å². The average Bonchev–Trinajstić information content (AvgIpc) is 2.95. The SMILES string of the molecule is CC(C)(C)c1cnc(SCC(=O)O)n1Cc1nccs1. The van der Waals surface area contributed by atoms with Gasteiger partial charge in [-0.3, -0.25) is 4.79 Å². The van der Waals surface area contributed by atoms with Crippen LogP contribution in [0.2, 0.25) is 0 Å². The third kappa shape index (κ3) is 3.61. The second-order valence-electron chi connectivity index (χ2n) is 5.37. The molecule has 2 heterocycles. The van der Waals surface area contributed by atoms with Crippen molar-refractivity contribution < 1.29 is 9.90 Å². The van der Waals surface area contributed by atoms with Gasteiger partial charge in [0, 0.05) is 28.9 Å². The van der Waals surface area contributed by atoms with Crippen molar-refractivity contribution in [2.24, 2.45) is 0 Å². The van der Waals surface area contributed by atoms with Crippen molar-refractivity contribution in [2.45, 2.75) is 37.9 Å². The van der Waals surface area contributed by atoms with Crippen LogP contribution in [0.25, 0.3) is 0 Å². The molecule has 1 N–H and O–H groups in total. The first-order valence-corrected chi connectivity index (χ1v) is 8.03. The molecule has 0 spiro atoms. The summed E-state index contributed by atoms with van der Waals surface area (Å²) in [6.07, 6.45) is 3.61. The lowest BCUT2D eigenvalue weighted by Gasteiger charge is -2.21. The van der Waals surface area contributed by atoms with E-state index in [4.69, 9.17) is 5.11 Å². The topological polar surface area (TPSA) is 68.0 Å². The van der Waals surface area contributed by atoms with E-state index in [0.29, 0.717) is 6.54 Å². The molecule has 0 amide bonds. The second-order valence-corrected chi connectivity index (χ2v) is 7.29. The van der Waals surface area contributed by atoms with Gasteiger partial charge in [-0.15, -0.1) is 11.3 Å². The zero-order valence-corrected chi connectivity index (χ0v) is 13.3. The van der Waals surface area contributed by atoms with Gasteiger partial charge in [-0.25, -0.2) is 9.97 Å². The number of rotatable bonds is 5. The molecule has 0 aliphatic carbocycles. The number of hydrogen-bond donors (Lipinski definition) is 1. The van der Waals surface area contributed by atoms with Crippen LogP contribution in [-0.4, -0.2) is 31.4 Å². The lowest BCUT2D eigenvalue weighted by atomic mass is 9.93. The normalized spacial score (nSPS) is 11.8. The molecule has 2 aromatic rings. The summed E-state index contributed by atoms with van der Waals surface area (Å²) in [5.74, 6) is -0.825. The number of aromatic nitrogens is 3. The molecule has 0 aliphatic heterocycles. The Morgan fingerprint density at radius 3 is 2.75 bits per heavy atom. The summed E-state index contributed by atoms with van der Waals surface area (Å²) in [6.45, 7) is 6.99. The summed E-state index contributed by atoms with van der Waals surface area (Å²) in [6, 6.07) is 0. The number of imidazole rings is 1. The first kappa shape index (κ1) is 15.1. The molecule has 20 heavy (non-hydrogen) atoms. The Kier molecular flexibility index (Phi) is 4.49. The van der Waals surface area contributed by atoms with Crippen LogP contribution in [0.1, 0.15) is 31.5 Å². The third-order valence-corrected chi connectivity index (χ3v) is 4.43. The number of carboxylic acid groups (broad SMARTS) is 1. The Labute approximate surface area is 126 Å². The highest BCUT2D eigenvalue weighted by Gasteiger charge is 2.22. The third-order valence-electron chi connectivity index (χ3n) is 2.69. The molecule has 108 valence electrons. The largest absolute Gasteiger partial charge is 0.481 e. The van der Waals surface area contributed by atoms with Crippen LogP contribution in [0.15, 0.2) is 22.9 Å². The van der Waals surface area contributed by atoms with E-state index in [1.807, 2.05) is 11.6 Å². The zero-order valence-electron chi connectivity index (χ0n) is 11.7. The van der Waals surface area contributed by atoms with Crippen LogP contribution in [0.3, 0.4) is 0 Å². The van der Waals surface area contributed by atoms with E-state index in [9.17, 15) is 4.79 Å².